The van der Waals surface area contributed by atoms with Gasteiger partial charge in [-0.25, -0.2) is 0 Å². The molecule has 0 aromatic heterocycles. The first kappa shape index (κ1) is 13.9. The molecule has 3 N–H and O–H groups in total. The molecule has 100 valence electrons. The molecular weight excluding hydrogens is 337 g/mol. The first-order valence-electron chi connectivity index (χ1n) is 6.66. The normalized spacial score (nSPS) is 16.4. The number of halogens is 1. The molecule has 1 aliphatic carbocycles. The molecule has 0 amide bonds. The van der Waals surface area contributed by atoms with Crippen LogP contribution in [-0.4, -0.2) is 31.1 Å². The number of nitrogens with zero attached hydrogens (tertiary/aromatic N) is 1. The minimum Gasteiger partial charge on any atom is -0.397 e. The van der Waals surface area contributed by atoms with Gasteiger partial charge in [-0.05, 0) is 60.7 Å². The van der Waals surface area contributed by atoms with Crippen LogP contribution in [0.5, 0.6) is 0 Å². The van der Waals surface area contributed by atoms with Crippen molar-refractivity contribution in [1.82, 2.24) is 4.90 Å². The monoisotopic (exact) mass is 359 g/mol. The zero-order valence-corrected chi connectivity index (χ0v) is 13.1. The van der Waals surface area contributed by atoms with E-state index in [2.05, 4.69) is 52.0 Å². The van der Waals surface area contributed by atoms with Crippen LogP contribution < -0.4 is 11.1 Å². The first-order valence-corrected chi connectivity index (χ1v) is 7.74. The number of likely N-dealkylation sites (N-methyl/N-ethyl adjacent to an activating group) is 1. The summed E-state index contributed by atoms with van der Waals surface area (Å²) in [7, 11) is 2.23. The lowest BCUT2D eigenvalue weighted by atomic mass is 10.2. The molecule has 1 aromatic rings. The van der Waals surface area contributed by atoms with Crippen LogP contribution in [0.3, 0.4) is 0 Å². The van der Waals surface area contributed by atoms with Crippen molar-refractivity contribution in [3.63, 3.8) is 0 Å². The number of hydrogen-bond acceptors (Lipinski definition) is 3. The van der Waals surface area contributed by atoms with Gasteiger partial charge in [-0.1, -0.05) is 12.8 Å². The highest BCUT2D eigenvalue weighted by Crippen LogP contribution is 2.23. The van der Waals surface area contributed by atoms with Gasteiger partial charge in [0.05, 0.1) is 11.4 Å². The van der Waals surface area contributed by atoms with Gasteiger partial charge in [0.1, 0.15) is 0 Å². The Morgan fingerprint density at radius 2 is 2.11 bits per heavy atom. The summed E-state index contributed by atoms with van der Waals surface area (Å²) in [5, 5.41) is 3.42. The van der Waals surface area contributed by atoms with E-state index >= 15 is 0 Å². The van der Waals surface area contributed by atoms with Crippen LogP contribution in [0.4, 0.5) is 11.4 Å². The quantitative estimate of drug-likeness (QED) is 0.627. The largest absolute Gasteiger partial charge is 0.397 e. The molecule has 0 aliphatic heterocycles. The Kier molecular flexibility index (Phi) is 5.12. The van der Waals surface area contributed by atoms with Crippen LogP contribution in [0.1, 0.15) is 25.7 Å². The lowest BCUT2D eigenvalue weighted by Crippen LogP contribution is -2.33. The Balaban J connectivity index is 1.77. The zero-order chi connectivity index (χ0) is 13.0. The van der Waals surface area contributed by atoms with Crippen LogP contribution in [0.15, 0.2) is 18.2 Å². The maximum absolute atomic E-state index is 5.98. The van der Waals surface area contributed by atoms with Crippen molar-refractivity contribution in [2.75, 3.05) is 31.2 Å². The number of hydrogen-bond donors (Lipinski definition) is 2. The van der Waals surface area contributed by atoms with Gasteiger partial charge in [-0.3, -0.25) is 0 Å². The molecule has 2 rings (SSSR count). The minimum atomic E-state index is 0.792. The third-order valence-electron chi connectivity index (χ3n) is 3.74. The Bertz CT molecular complexity index is 389. The van der Waals surface area contributed by atoms with E-state index in [1.807, 2.05) is 6.07 Å². The molecule has 0 unspecified atom stereocenters. The van der Waals surface area contributed by atoms with Crippen molar-refractivity contribution in [2.45, 2.75) is 31.7 Å². The highest BCUT2D eigenvalue weighted by Gasteiger charge is 2.18. The van der Waals surface area contributed by atoms with Crippen molar-refractivity contribution in [1.29, 1.82) is 0 Å². The fraction of sp³-hybridized carbons (Fsp3) is 0.571. The zero-order valence-electron chi connectivity index (χ0n) is 11.0. The summed E-state index contributed by atoms with van der Waals surface area (Å²) in [6, 6.07) is 6.94. The number of anilines is 2. The molecule has 3 nitrogen and oxygen atoms in total. The average Bonchev–Trinajstić information content (AvgIpc) is 2.85. The van der Waals surface area contributed by atoms with Gasteiger partial charge < -0.3 is 16.0 Å². The lowest BCUT2D eigenvalue weighted by molar-refractivity contribution is 0.254. The van der Waals surface area contributed by atoms with E-state index in [1.54, 1.807) is 0 Å². The highest BCUT2D eigenvalue weighted by molar-refractivity contribution is 14.1. The van der Waals surface area contributed by atoms with E-state index in [-0.39, 0.29) is 0 Å². The second kappa shape index (κ2) is 6.61. The molecule has 18 heavy (non-hydrogen) atoms. The predicted octanol–water partition coefficient (Wildman–Crippen LogP) is 3.16. The lowest BCUT2D eigenvalue weighted by Gasteiger charge is -2.24. The third kappa shape index (κ3) is 3.75. The standard InChI is InChI=1S/C14H22IN3/c1-18(12-4-2-3-5-12)9-8-17-14-7-6-11(15)10-13(14)16/h6-7,10,12,17H,2-5,8-9,16H2,1H3. The Morgan fingerprint density at radius 1 is 1.39 bits per heavy atom. The second-order valence-electron chi connectivity index (χ2n) is 5.08. The van der Waals surface area contributed by atoms with E-state index in [0.29, 0.717) is 0 Å². The highest BCUT2D eigenvalue weighted by atomic mass is 127. The fourth-order valence-electron chi connectivity index (χ4n) is 2.59. The molecule has 0 radical (unpaired) electrons. The van der Waals surface area contributed by atoms with Crippen LogP contribution in [0.25, 0.3) is 0 Å². The van der Waals surface area contributed by atoms with Gasteiger partial charge >= 0.3 is 0 Å². The molecule has 0 spiro atoms. The Hall–Kier alpha value is -0.490. The van der Waals surface area contributed by atoms with E-state index in [1.165, 1.54) is 29.3 Å². The molecule has 4 heteroatoms. The summed E-state index contributed by atoms with van der Waals surface area (Å²) >= 11 is 2.28. The van der Waals surface area contributed by atoms with Crippen LogP contribution in [-0.2, 0) is 0 Å². The summed E-state index contributed by atoms with van der Waals surface area (Å²) in [5.74, 6) is 0. The maximum atomic E-state index is 5.98. The molecule has 1 fully saturated rings. The van der Waals surface area contributed by atoms with E-state index < -0.39 is 0 Å². The first-order chi connectivity index (χ1) is 8.66. The van der Waals surface area contributed by atoms with Crippen molar-refractivity contribution in [3.8, 4) is 0 Å². The van der Waals surface area contributed by atoms with E-state index in [0.717, 1.165) is 30.5 Å². The molecular formula is C14H22IN3. The van der Waals surface area contributed by atoms with Gasteiger partial charge in [0.15, 0.2) is 0 Å². The summed E-state index contributed by atoms with van der Waals surface area (Å²) < 4.78 is 1.18. The van der Waals surface area contributed by atoms with Crippen LogP contribution in [0, 0.1) is 3.57 Å². The molecule has 0 atom stereocenters. The minimum absolute atomic E-state index is 0.792. The molecule has 0 saturated heterocycles. The van der Waals surface area contributed by atoms with Gasteiger partial charge in [-0.15, -0.1) is 0 Å². The number of benzene rings is 1. The molecule has 1 aliphatic rings. The summed E-state index contributed by atoms with van der Waals surface area (Å²) in [5.41, 5.74) is 7.87. The van der Waals surface area contributed by atoms with Crippen LogP contribution >= 0.6 is 22.6 Å². The average molecular weight is 359 g/mol. The summed E-state index contributed by atoms with van der Waals surface area (Å²) in [6.45, 7) is 2.04. The van der Waals surface area contributed by atoms with Gasteiger partial charge in [-0.2, -0.15) is 0 Å². The summed E-state index contributed by atoms with van der Waals surface area (Å²) in [4.78, 5) is 2.48. The maximum Gasteiger partial charge on any atom is 0.0575 e. The molecule has 0 bridgehead atoms. The van der Waals surface area contributed by atoms with Gasteiger partial charge in [0, 0.05) is 22.7 Å². The van der Waals surface area contributed by atoms with E-state index in [9.17, 15) is 0 Å². The number of rotatable bonds is 5. The molecule has 1 aromatic carbocycles. The van der Waals surface area contributed by atoms with Crippen molar-refractivity contribution in [2.24, 2.45) is 0 Å². The van der Waals surface area contributed by atoms with E-state index in [4.69, 9.17) is 5.73 Å². The van der Waals surface area contributed by atoms with Gasteiger partial charge in [0.2, 0.25) is 0 Å². The van der Waals surface area contributed by atoms with Crippen molar-refractivity contribution in [3.05, 3.63) is 21.8 Å². The SMILES string of the molecule is CN(CCNc1ccc(I)cc1N)C1CCCC1. The summed E-state index contributed by atoms with van der Waals surface area (Å²) in [6.07, 6.45) is 5.52. The smallest absolute Gasteiger partial charge is 0.0575 e. The van der Waals surface area contributed by atoms with Crippen molar-refractivity contribution < 1.29 is 0 Å². The Morgan fingerprint density at radius 3 is 2.78 bits per heavy atom. The predicted molar refractivity (Wildman–Crippen MR) is 86.9 cm³/mol. The van der Waals surface area contributed by atoms with Crippen LogP contribution in [0.2, 0.25) is 0 Å². The van der Waals surface area contributed by atoms with Gasteiger partial charge in [0.25, 0.3) is 0 Å². The number of nitrogens with one attached hydrogen (secondary N) is 1. The Labute approximate surface area is 123 Å². The molecule has 1 saturated carbocycles. The topological polar surface area (TPSA) is 41.3 Å². The molecule has 0 heterocycles. The number of nitrogens with two attached hydrogens (primary N) is 1. The third-order valence-corrected chi connectivity index (χ3v) is 4.41. The fourth-order valence-corrected chi connectivity index (χ4v) is 3.10. The van der Waals surface area contributed by atoms with Crippen molar-refractivity contribution >= 4 is 34.0 Å². The second-order valence-corrected chi connectivity index (χ2v) is 6.32. The number of nitrogen functional groups attached to an aromatic ring is 1.